The molecule has 0 aromatic heterocycles. The van der Waals surface area contributed by atoms with Crippen LogP contribution in [0.3, 0.4) is 0 Å². The number of anilines is 1. The first-order chi connectivity index (χ1) is 9.41. The fourth-order valence-corrected chi connectivity index (χ4v) is 1.90. The molecule has 0 unspecified atom stereocenters. The molecule has 0 aliphatic rings. The first-order valence-corrected chi connectivity index (χ1v) is 6.11. The molecule has 0 saturated heterocycles. The van der Waals surface area contributed by atoms with Crippen LogP contribution in [0, 0.1) is 0 Å². The van der Waals surface area contributed by atoms with E-state index in [1.807, 2.05) is 6.92 Å². The molecule has 0 amide bonds. The standard InChI is InChI=1S/C15H14F3NO/c1-2-20-12-6-3-10(4-7-12)13-8-5-11(9-14(13)19)15(16,17)18/h3-9H,2,19H2,1H3. The van der Waals surface area contributed by atoms with Gasteiger partial charge in [-0.25, -0.2) is 0 Å². The van der Waals surface area contributed by atoms with Crippen molar-refractivity contribution in [2.45, 2.75) is 13.1 Å². The molecule has 0 saturated carbocycles. The zero-order valence-corrected chi connectivity index (χ0v) is 10.9. The molecular weight excluding hydrogens is 267 g/mol. The number of rotatable bonds is 3. The average molecular weight is 281 g/mol. The van der Waals surface area contributed by atoms with Crippen LogP contribution < -0.4 is 10.5 Å². The highest BCUT2D eigenvalue weighted by molar-refractivity contribution is 5.77. The monoisotopic (exact) mass is 281 g/mol. The van der Waals surface area contributed by atoms with E-state index in [1.165, 1.54) is 6.07 Å². The number of hydrogen-bond donors (Lipinski definition) is 1. The van der Waals surface area contributed by atoms with Crippen LogP contribution in [0.5, 0.6) is 5.75 Å². The lowest BCUT2D eigenvalue weighted by molar-refractivity contribution is -0.137. The molecule has 2 aromatic rings. The van der Waals surface area contributed by atoms with Crippen LogP contribution in [0.25, 0.3) is 11.1 Å². The number of hydrogen-bond acceptors (Lipinski definition) is 2. The Morgan fingerprint density at radius 2 is 1.70 bits per heavy atom. The minimum atomic E-state index is -4.38. The fraction of sp³-hybridized carbons (Fsp3) is 0.200. The van der Waals surface area contributed by atoms with E-state index in [4.69, 9.17) is 10.5 Å². The smallest absolute Gasteiger partial charge is 0.416 e. The van der Waals surface area contributed by atoms with Crippen molar-refractivity contribution < 1.29 is 17.9 Å². The zero-order chi connectivity index (χ0) is 14.8. The van der Waals surface area contributed by atoms with Gasteiger partial charge >= 0.3 is 6.18 Å². The zero-order valence-electron chi connectivity index (χ0n) is 10.9. The Kier molecular flexibility index (Phi) is 3.88. The molecule has 2 rings (SSSR count). The van der Waals surface area contributed by atoms with E-state index < -0.39 is 11.7 Å². The highest BCUT2D eigenvalue weighted by Gasteiger charge is 2.30. The van der Waals surface area contributed by atoms with Gasteiger partial charge in [0.15, 0.2) is 0 Å². The first kappa shape index (κ1) is 14.2. The predicted octanol–water partition coefficient (Wildman–Crippen LogP) is 4.35. The van der Waals surface area contributed by atoms with E-state index in [0.717, 1.165) is 17.7 Å². The second kappa shape index (κ2) is 5.45. The summed E-state index contributed by atoms with van der Waals surface area (Å²) in [6.45, 7) is 2.43. The highest BCUT2D eigenvalue weighted by atomic mass is 19.4. The number of alkyl halides is 3. The lowest BCUT2D eigenvalue weighted by Gasteiger charge is -2.11. The maximum Gasteiger partial charge on any atom is 0.416 e. The minimum Gasteiger partial charge on any atom is -0.494 e. The van der Waals surface area contributed by atoms with Crippen LogP contribution in [0.15, 0.2) is 42.5 Å². The molecule has 0 fully saturated rings. The molecule has 5 heteroatoms. The summed E-state index contributed by atoms with van der Waals surface area (Å²) in [5.41, 5.74) is 6.39. The number of ether oxygens (including phenoxy) is 1. The van der Waals surface area contributed by atoms with E-state index in [1.54, 1.807) is 24.3 Å². The van der Waals surface area contributed by atoms with Crippen molar-refractivity contribution >= 4 is 5.69 Å². The van der Waals surface area contributed by atoms with Gasteiger partial charge in [0.05, 0.1) is 12.2 Å². The Morgan fingerprint density at radius 1 is 1.05 bits per heavy atom. The van der Waals surface area contributed by atoms with Gasteiger partial charge in [0.25, 0.3) is 0 Å². The van der Waals surface area contributed by atoms with Gasteiger partial charge in [0, 0.05) is 11.3 Å². The first-order valence-electron chi connectivity index (χ1n) is 6.11. The summed E-state index contributed by atoms with van der Waals surface area (Å²) in [6.07, 6.45) is -4.38. The minimum absolute atomic E-state index is 0.101. The van der Waals surface area contributed by atoms with Crippen molar-refractivity contribution in [3.63, 3.8) is 0 Å². The molecule has 106 valence electrons. The Labute approximate surface area is 115 Å². The molecule has 0 aliphatic carbocycles. The van der Waals surface area contributed by atoms with Gasteiger partial charge in [-0.05, 0) is 36.8 Å². The Balaban J connectivity index is 2.33. The average Bonchev–Trinajstić information content (AvgIpc) is 2.39. The summed E-state index contributed by atoms with van der Waals surface area (Å²) < 4.78 is 43.0. The third-order valence-corrected chi connectivity index (χ3v) is 2.86. The normalized spacial score (nSPS) is 11.4. The third-order valence-electron chi connectivity index (χ3n) is 2.86. The summed E-state index contributed by atoms with van der Waals surface area (Å²) >= 11 is 0. The third kappa shape index (κ3) is 3.04. The van der Waals surface area contributed by atoms with Crippen LogP contribution >= 0.6 is 0 Å². The van der Waals surface area contributed by atoms with Crippen molar-refractivity contribution in [1.29, 1.82) is 0 Å². The highest BCUT2D eigenvalue weighted by Crippen LogP contribution is 2.34. The van der Waals surface area contributed by atoms with Gasteiger partial charge in [0.2, 0.25) is 0 Å². The lowest BCUT2D eigenvalue weighted by Crippen LogP contribution is -2.05. The van der Waals surface area contributed by atoms with Crippen molar-refractivity contribution in [1.82, 2.24) is 0 Å². The predicted molar refractivity (Wildman–Crippen MR) is 72.5 cm³/mol. The molecule has 2 nitrogen and oxygen atoms in total. The van der Waals surface area contributed by atoms with Crippen molar-refractivity contribution in [3.05, 3.63) is 48.0 Å². The number of nitrogen functional groups attached to an aromatic ring is 1. The van der Waals surface area contributed by atoms with Gasteiger partial charge in [-0.1, -0.05) is 18.2 Å². The number of benzene rings is 2. The molecule has 0 aliphatic heterocycles. The maximum absolute atomic E-state index is 12.6. The van der Waals surface area contributed by atoms with E-state index in [9.17, 15) is 13.2 Å². The summed E-state index contributed by atoms with van der Waals surface area (Å²) in [4.78, 5) is 0. The SMILES string of the molecule is CCOc1ccc(-c2ccc(C(F)(F)F)cc2N)cc1. The van der Waals surface area contributed by atoms with E-state index in [0.29, 0.717) is 17.9 Å². The second-order valence-corrected chi connectivity index (χ2v) is 4.26. The summed E-state index contributed by atoms with van der Waals surface area (Å²) in [6, 6.07) is 10.4. The topological polar surface area (TPSA) is 35.2 Å². The lowest BCUT2D eigenvalue weighted by atomic mass is 10.0. The molecule has 0 radical (unpaired) electrons. The van der Waals surface area contributed by atoms with Gasteiger partial charge in [-0.15, -0.1) is 0 Å². The molecule has 20 heavy (non-hydrogen) atoms. The molecule has 0 atom stereocenters. The number of nitrogens with two attached hydrogens (primary N) is 1. The summed E-state index contributed by atoms with van der Waals surface area (Å²) in [5.74, 6) is 0.710. The van der Waals surface area contributed by atoms with Crippen LogP contribution in [0.1, 0.15) is 12.5 Å². The van der Waals surface area contributed by atoms with E-state index >= 15 is 0 Å². The quantitative estimate of drug-likeness (QED) is 0.849. The van der Waals surface area contributed by atoms with Crippen LogP contribution in [-0.4, -0.2) is 6.61 Å². The van der Waals surface area contributed by atoms with Gasteiger partial charge in [0.1, 0.15) is 5.75 Å². The largest absolute Gasteiger partial charge is 0.494 e. The summed E-state index contributed by atoms with van der Waals surface area (Å²) in [7, 11) is 0. The van der Waals surface area contributed by atoms with Crippen LogP contribution in [0.2, 0.25) is 0 Å². The van der Waals surface area contributed by atoms with E-state index in [2.05, 4.69) is 0 Å². The second-order valence-electron chi connectivity index (χ2n) is 4.26. The Hall–Kier alpha value is -2.17. The van der Waals surface area contributed by atoms with Crippen molar-refractivity contribution in [2.24, 2.45) is 0 Å². The van der Waals surface area contributed by atoms with Gasteiger partial charge in [-0.3, -0.25) is 0 Å². The number of halogens is 3. The fourth-order valence-electron chi connectivity index (χ4n) is 1.90. The van der Waals surface area contributed by atoms with E-state index in [-0.39, 0.29) is 5.69 Å². The van der Waals surface area contributed by atoms with Gasteiger partial charge < -0.3 is 10.5 Å². The van der Waals surface area contributed by atoms with Crippen molar-refractivity contribution in [3.8, 4) is 16.9 Å². The van der Waals surface area contributed by atoms with Gasteiger partial charge in [-0.2, -0.15) is 13.2 Å². The maximum atomic E-state index is 12.6. The molecule has 2 aromatic carbocycles. The molecule has 2 N–H and O–H groups in total. The van der Waals surface area contributed by atoms with Crippen LogP contribution in [0.4, 0.5) is 18.9 Å². The Morgan fingerprint density at radius 3 is 2.20 bits per heavy atom. The molecular formula is C15H14F3NO. The molecule has 0 spiro atoms. The summed E-state index contributed by atoms with van der Waals surface area (Å²) in [5, 5.41) is 0. The van der Waals surface area contributed by atoms with Crippen molar-refractivity contribution in [2.75, 3.05) is 12.3 Å². The Bertz CT molecular complexity index is 591. The van der Waals surface area contributed by atoms with Crippen LogP contribution in [-0.2, 0) is 6.18 Å². The molecule has 0 bridgehead atoms. The molecule has 0 heterocycles.